The van der Waals surface area contributed by atoms with Gasteiger partial charge < -0.3 is 10.2 Å². The van der Waals surface area contributed by atoms with Gasteiger partial charge >= 0.3 is 0 Å². The van der Waals surface area contributed by atoms with Crippen molar-refractivity contribution in [2.45, 2.75) is 53.4 Å². The normalized spacial score (nSPS) is 11.5. The maximum atomic E-state index is 4.76. The number of hydrogen-bond donors (Lipinski definition) is 1. The molecule has 4 heteroatoms. The van der Waals surface area contributed by atoms with E-state index in [1.165, 1.54) is 0 Å². The molecular formula is C15H28N4. The monoisotopic (exact) mass is 264 g/mol. The lowest BCUT2D eigenvalue weighted by molar-refractivity contribution is 0.544. The molecule has 0 fully saturated rings. The van der Waals surface area contributed by atoms with Crippen molar-refractivity contribution >= 4 is 11.6 Å². The largest absolute Gasteiger partial charge is 0.370 e. The fraction of sp³-hybridized carbons (Fsp3) is 0.733. The van der Waals surface area contributed by atoms with Crippen molar-refractivity contribution in [2.75, 3.05) is 30.4 Å². The maximum Gasteiger partial charge on any atom is 0.138 e. The SMILES string of the molecule is CCCNc1nc(C(C)(C)C)nc(N(C)CC)c1C. The number of rotatable bonds is 5. The van der Waals surface area contributed by atoms with Crippen molar-refractivity contribution in [2.24, 2.45) is 0 Å². The predicted molar refractivity (Wildman–Crippen MR) is 83.2 cm³/mol. The molecule has 0 saturated carbocycles. The lowest BCUT2D eigenvalue weighted by Crippen LogP contribution is -2.24. The lowest BCUT2D eigenvalue weighted by Gasteiger charge is -2.25. The van der Waals surface area contributed by atoms with Gasteiger partial charge in [0.15, 0.2) is 0 Å². The van der Waals surface area contributed by atoms with Crippen molar-refractivity contribution in [3.8, 4) is 0 Å². The quantitative estimate of drug-likeness (QED) is 0.885. The summed E-state index contributed by atoms with van der Waals surface area (Å²) in [6.45, 7) is 14.7. The Bertz CT molecular complexity index is 421. The molecule has 0 aliphatic heterocycles. The van der Waals surface area contributed by atoms with Crippen LogP contribution in [0.1, 0.15) is 52.4 Å². The van der Waals surface area contributed by atoms with Gasteiger partial charge in [-0.2, -0.15) is 0 Å². The summed E-state index contributed by atoms with van der Waals surface area (Å²) in [6, 6.07) is 0. The highest BCUT2D eigenvalue weighted by Gasteiger charge is 2.22. The Kier molecular flexibility index (Phi) is 5.15. The number of anilines is 2. The lowest BCUT2D eigenvalue weighted by atomic mass is 9.95. The molecule has 1 N–H and O–H groups in total. The molecule has 19 heavy (non-hydrogen) atoms. The first-order valence-corrected chi connectivity index (χ1v) is 7.15. The minimum atomic E-state index is -0.0420. The second-order valence-corrected chi connectivity index (χ2v) is 6.04. The van der Waals surface area contributed by atoms with Gasteiger partial charge in [0.2, 0.25) is 0 Å². The van der Waals surface area contributed by atoms with Gasteiger partial charge in [-0.05, 0) is 20.3 Å². The summed E-state index contributed by atoms with van der Waals surface area (Å²) in [5, 5.41) is 3.42. The molecule has 0 amide bonds. The smallest absolute Gasteiger partial charge is 0.138 e. The molecule has 0 atom stereocenters. The summed E-state index contributed by atoms with van der Waals surface area (Å²) in [5.41, 5.74) is 1.09. The molecule has 108 valence electrons. The first-order valence-electron chi connectivity index (χ1n) is 7.15. The van der Waals surface area contributed by atoms with E-state index in [2.05, 4.69) is 58.8 Å². The predicted octanol–water partition coefficient (Wildman–Crippen LogP) is 3.36. The highest BCUT2D eigenvalue weighted by molar-refractivity contribution is 5.58. The summed E-state index contributed by atoms with van der Waals surface area (Å²) in [6.07, 6.45) is 1.09. The van der Waals surface area contributed by atoms with E-state index in [0.29, 0.717) is 0 Å². The Morgan fingerprint density at radius 3 is 2.26 bits per heavy atom. The number of nitrogens with zero attached hydrogens (tertiary/aromatic N) is 3. The molecule has 0 aliphatic rings. The molecule has 0 saturated heterocycles. The van der Waals surface area contributed by atoms with Crippen molar-refractivity contribution in [1.82, 2.24) is 9.97 Å². The summed E-state index contributed by atoms with van der Waals surface area (Å²) >= 11 is 0. The second kappa shape index (κ2) is 6.22. The van der Waals surface area contributed by atoms with Crippen LogP contribution in [-0.2, 0) is 5.41 Å². The third kappa shape index (κ3) is 3.82. The zero-order chi connectivity index (χ0) is 14.6. The van der Waals surface area contributed by atoms with Crippen LogP contribution in [0.15, 0.2) is 0 Å². The Morgan fingerprint density at radius 1 is 1.16 bits per heavy atom. The molecule has 0 radical (unpaired) electrons. The molecule has 0 aromatic carbocycles. The van der Waals surface area contributed by atoms with Gasteiger partial charge in [-0.3, -0.25) is 0 Å². The van der Waals surface area contributed by atoms with E-state index in [0.717, 1.165) is 42.5 Å². The fourth-order valence-electron chi connectivity index (χ4n) is 1.78. The van der Waals surface area contributed by atoms with Crippen molar-refractivity contribution in [3.63, 3.8) is 0 Å². The van der Waals surface area contributed by atoms with E-state index in [9.17, 15) is 0 Å². The van der Waals surface area contributed by atoms with Crippen molar-refractivity contribution in [3.05, 3.63) is 11.4 Å². The summed E-state index contributed by atoms with van der Waals surface area (Å²) < 4.78 is 0. The van der Waals surface area contributed by atoms with E-state index in [-0.39, 0.29) is 5.41 Å². The third-order valence-electron chi connectivity index (χ3n) is 3.17. The molecule has 1 aromatic rings. The first-order chi connectivity index (χ1) is 8.81. The summed E-state index contributed by atoms with van der Waals surface area (Å²) in [5.74, 6) is 2.89. The molecule has 0 unspecified atom stereocenters. The van der Waals surface area contributed by atoms with Gasteiger partial charge in [0, 0.05) is 31.1 Å². The van der Waals surface area contributed by atoms with Crippen LogP contribution in [0.25, 0.3) is 0 Å². The Labute approximate surface area is 117 Å². The van der Waals surface area contributed by atoms with Gasteiger partial charge in [0.05, 0.1) is 0 Å². The minimum absolute atomic E-state index is 0.0420. The van der Waals surface area contributed by atoms with Crippen LogP contribution in [0.5, 0.6) is 0 Å². The zero-order valence-electron chi connectivity index (χ0n) is 13.5. The van der Waals surface area contributed by atoms with Crippen LogP contribution in [0.4, 0.5) is 11.6 Å². The first kappa shape index (κ1) is 15.7. The third-order valence-corrected chi connectivity index (χ3v) is 3.17. The Balaban J connectivity index is 3.30. The molecule has 1 aromatic heterocycles. The van der Waals surface area contributed by atoms with Gasteiger partial charge in [-0.15, -0.1) is 0 Å². The van der Waals surface area contributed by atoms with Crippen molar-refractivity contribution in [1.29, 1.82) is 0 Å². The van der Waals surface area contributed by atoms with Crippen molar-refractivity contribution < 1.29 is 0 Å². The molecule has 4 nitrogen and oxygen atoms in total. The maximum absolute atomic E-state index is 4.76. The minimum Gasteiger partial charge on any atom is -0.370 e. The molecule has 1 heterocycles. The Hall–Kier alpha value is -1.32. The fourth-order valence-corrected chi connectivity index (χ4v) is 1.78. The van der Waals surface area contributed by atoms with Gasteiger partial charge in [0.1, 0.15) is 17.5 Å². The summed E-state index contributed by atoms with van der Waals surface area (Å²) in [4.78, 5) is 11.6. The molecule has 1 rings (SSSR count). The van der Waals surface area contributed by atoms with Crippen LogP contribution < -0.4 is 10.2 Å². The second-order valence-electron chi connectivity index (χ2n) is 6.04. The van der Waals surface area contributed by atoms with Crippen LogP contribution in [-0.4, -0.2) is 30.1 Å². The summed E-state index contributed by atoms with van der Waals surface area (Å²) in [7, 11) is 2.07. The van der Waals surface area contributed by atoms with Gasteiger partial charge in [-0.25, -0.2) is 9.97 Å². The molecule has 0 spiro atoms. The van der Waals surface area contributed by atoms with E-state index in [4.69, 9.17) is 9.97 Å². The molecule has 0 bridgehead atoms. The van der Waals surface area contributed by atoms with Crippen LogP contribution in [0.3, 0.4) is 0 Å². The zero-order valence-corrected chi connectivity index (χ0v) is 13.5. The number of nitrogens with one attached hydrogen (secondary N) is 1. The highest BCUT2D eigenvalue weighted by Crippen LogP contribution is 2.27. The molecule has 0 aliphatic carbocycles. The van der Waals surface area contributed by atoms with Gasteiger partial charge in [0.25, 0.3) is 0 Å². The van der Waals surface area contributed by atoms with E-state index in [1.54, 1.807) is 0 Å². The number of hydrogen-bond acceptors (Lipinski definition) is 4. The number of aromatic nitrogens is 2. The van der Waals surface area contributed by atoms with E-state index >= 15 is 0 Å². The standard InChI is InChI=1S/C15H28N4/c1-8-10-16-12-11(3)13(19(7)9-2)18-14(17-12)15(4,5)6/h8-10H2,1-7H3,(H,16,17,18). The van der Waals surface area contributed by atoms with E-state index in [1.807, 2.05) is 0 Å². The van der Waals surface area contributed by atoms with E-state index < -0.39 is 0 Å². The topological polar surface area (TPSA) is 41.1 Å². The van der Waals surface area contributed by atoms with Crippen LogP contribution in [0.2, 0.25) is 0 Å². The molecular weight excluding hydrogens is 236 g/mol. The van der Waals surface area contributed by atoms with Gasteiger partial charge in [-0.1, -0.05) is 27.7 Å². The highest BCUT2D eigenvalue weighted by atomic mass is 15.2. The van der Waals surface area contributed by atoms with Crippen LogP contribution in [0, 0.1) is 6.92 Å². The average Bonchev–Trinajstić information content (AvgIpc) is 2.35. The average molecular weight is 264 g/mol. The van der Waals surface area contributed by atoms with Crippen LogP contribution >= 0.6 is 0 Å². The Morgan fingerprint density at radius 2 is 1.79 bits per heavy atom.